The summed E-state index contributed by atoms with van der Waals surface area (Å²) in [5.41, 5.74) is 0.723. The predicted molar refractivity (Wildman–Crippen MR) is 83.9 cm³/mol. The summed E-state index contributed by atoms with van der Waals surface area (Å²) in [6.45, 7) is 4.19. The van der Waals surface area contributed by atoms with E-state index in [1.54, 1.807) is 11.8 Å². The van der Waals surface area contributed by atoms with E-state index in [-0.39, 0.29) is 0 Å². The maximum absolute atomic E-state index is 11.2. The number of carbonyl (C=O) groups is 1. The van der Waals surface area contributed by atoms with Gasteiger partial charge in [0, 0.05) is 18.8 Å². The van der Waals surface area contributed by atoms with Gasteiger partial charge in [-0.2, -0.15) is 11.8 Å². The molecule has 1 rings (SSSR count). The van der Waals surface area contributed by atoms with Crippen LogP contribution in [-0.2, 0) is 6.42 Å². The van der Waals surface area contributed by atoms with Crippen LogP contribution in [0.25, 0.3) is 0 Å². The molecular weight excluding hydrogens is 280 g/mol. The van der Waals surface area contributed by atoms with Gasteiger partial charge in [0.25, 0.3) is 0 Å². The van der Waals surface area contributed by atoms with E-state index in [1.807, 2.05) is 14.0 Å². The lowest BCUT2D eigenvalue weighted by molar-refractivity contribution is 0.0700. The lowest BCUT2D eigenvalue weighted by Gasteiger charge is -2.26. The van der Waals surface area contributed by atoms with Gasteiger partial charge in [-0.25, -0.2) is 9.78 Å². The van der Waals surface area contributed by atoms with E-state index in [2.05, 4.69) is 23.1 Å². The van der Waals surface area contributed by atoms with Crippen LogP contribution < -0.4 is 4.90 Å². The number of nitrogens with zero attached hydrogens (tertiary/aromatic N) is 2. The van der Waals surface area contributed by atoms with Gasteiger partial charge >= 0.3 is 5.97 Å². The smallest absolute Gasteiger partial charge is 0.347 e. The first-order chi connectivity index (χ1) is 9.04. The van der Waals surface area contributed by atoms with Crippen LogP contribution in [0.5, 0.6) is 0 Å². The third-order valence-electron chi connectivity index (χ3n) is 3.05. The minimum atomic E-state index is -0.862. The molecule has 0 aliphatic heterocycles. The summed E-state index contributed by atoms with van der Waals surface area (Å²) in [4.78, 5) is 18.3. The Labute approximate surface area is 123 Å². The minimum absolute atomic E-state index is 0.391. The Bertz CT molecular complexity index is 421. The SMILES string of the molecule is CCCc1nc(N(C)C(CC)CSC)sc1C(=O)O. The van der Waals surface area contributed by atoms with Crippen LogP contribution in [0.2, 0.25) is 0 Å². The third kappa shape index (κ3) is 4.11. The molecule has 0 radical (unpaired) electrons. The summed E-state index contributed by atoms with van der Waals surface area (Å²) in [6, 6.07) is 0.400. The van der Waals surface area contributed by atoms with Crippen molar-refractivity contribution in [2.45, 2.75) is 39.2 Å². The molecule has 6 heteroatoms. The van der Waals surface area contributed by atoms with Gasteiger partial charge < -0.3 is 10.0 Å². The van der Waals surface area contributed by atoms with Crippen molar-refractivity contribution in [2.24, 2.45) is 0 Å². The summed E-state index contributed by atoms with van der Waals surface area (Å²) in [6.07, 6.45) is 4.76. The first-order valence-electron chi connectivity index (χ1n) is 6.49. The zero-order chi connectivity index (χ0) is 14.4. The topological polar surface area (TPSA) is 53.4 Å². The number of thiazole rings is 1. The van der Waals surface area contributed by atoms with E-state index in [0.29, 0.717) is 10.9 Å². The van der Waals surface area contributed by atoms with Gasteiger partial charge in [0.15, 0.2) is 5.13 Å². The highest BCUT2D eigenvalue weighted by Crippen LogP contribution is 2.29. The molecule has 1 heterocycles. The summed E-state index contributed by atoms with van der Waals surface area (Å²) >= 11 is 3.09. The molecule has 0 spiro atoms. The lowest BCUT2D eigenvalue weighted by Crippen LogP contribution is -2.33. The molecule has 19 heavy (non-hydrogen) atoms. The van der Waals surface area contributed by atoms with Crippen LogP contribution in [-0.4, -0.2) is 41.2 Å². The molecule has 4 nitrogen and oxygen atoms in total. The molecule has 1 N–H and O–H groups in total. The molecule has 0 saturated heterocycles. The second-order valence-corrected chi connectivity index (χ2v) is 6.34. The van der Waals surface area contributed by atoms with Crippen molar-refractivity contribution in [1.29, 1.82) is 0 Å². The molecular formula is C13H22N2O2S2. The molecule has 0 bridgehead atoms. The fraction of sp³-hybridized carbons (Fsp3) is 0.692. The monoisotopic (exact) mass is 302 g/mol. The van der Waals surface area contributed by atoms with Crippen LogP contribution in [0.1, 0.15) is 42.1 Å². The van der Waals surface area contributed by atoms with E-state index >= 15 is 0 Å². The highest BCUT2D eigenvalue weighted by Gasteiger charge is 2.21. The third-order valence-corrected chi connectivity index (χ3v) is 4.94. The van der Waals surface area contributed by atoms with E-state index in [4.69, 9.17) is 0 Å². The van der Waals surface area contributed by atoms with E-state index in [0.717, 1.165) is 35.8 Å². The lowest BCUT2D eigenvalue weighted by atomic mass is 10.2. The van der Waals surface area contributed by atoms with Crippen LogP contribution in [0, 0.1) is 0 Å². The van der Waals surface area contributed by atoms with Crippen molar-refractivity contribution in [1.82, 2.24) is 4.98 Å². The number of carboxylic acid groups (broad SMARTS) is 1. The normalized spacial score (nSPS) is 12.4. The number of thioether (sulfide) groups is 1. The van der Waals surface area contributed by atoms with Gasteiger partial charge in [0.1, 0.15) is 4.88 Å². The Morgan fingerprint density at radius 1 is 1.53 bits per heavy atom. The molecule has 0 aliphatic carbocycles. The summed E-state index contributed by atoms with van der Waals surface area (Å²) < 4.78 is 0. The highest BCUT2D eigenvalue weighted by atomic mass is 32.2. The Morgan fingerprint density at radius 2 is 2.21 bits per heavy atom. The molecule has 108 valence electrons. The molecule has 0 amide bonds. The molecule has 0 aromatic carbocycles. The number of carboxylic acids is 1. The average Bonchev–Trinajstić information content (AvgIpc) is 2.80. The second-order valence-electron chi connectivity index (χ2n) is 4.46. The molecule has 0 aliphatic rings. The molecule has 0 saturated carbocycles. The number of aryl methyl sites for hydroxylation is 1. The van der Waals surface area contributed by atoms with E-state index < -0.39 is 5.97 Å². The number of hydrogen-bond acceptors (Lipinski definition) is 5. The Balaban J connectivity index is 2.99. The quantitative estimate of drug-likeness (QED) is 0.798. The Kier molecular flexibility index (Phi) is 6.65. The number of aromatic nitrogens is 1. The molecule has 1 atom stereocenters. The minimum Gasteiger partial charge on any atom is -0.477 e. The number of hydrogen-bond donors (Lipinski definition) is 1. The van der Waals surface area contributed by atoms with Crippen molar-refractivity contribution >= 4 is 34.2 Å². The van der Waals surface area contributed by atoms with E-state index in [1.165, 1.54) is 11.3 Å². The average molecular weight is 302 g/mol. The molecule has 0 fully saturated rings. The van der Waals surface area contributed by atoms with Gasteiger partial charge in [0.05, 0.1) is 5.69 Å². The molecule has 1 aromatic heterocycles. The van der Waals surface area contributed by atoms with Gasteiger partial charge in [0.2, 0.25) is 0 Å². The zero-order valence-corrected chi connectivity index (χ0v) is 13.6. The largest absolute Gasteiger partial charge is 0.477 e. The first kappa shape index (κ1) is 16.3. The number of anilines is 1. The highest BCUT2D eigenvalue weighted by molar-refractivity contribution is 7.98. The number of aromatic carboxylic acids is 1. The van der Waals surface area contributed by atoms with Crippen LogP contribution in [0.4, 0.5) is 5.13 Å². The van der Waals surface area contributed by atoms with Gasteiger partial charge in [-0.15, -0.1) is 0 Å². The standard InChI is InChI=1S/C13H22N2O2S2/c1-5-7-10-11(12(16)17)19-13(14-10)15(3)9(6-2)8-18-4/h9H,5-8H2,1-4H3,(H,16,17). The first-order valence-corrected chi connectivity index (χ1v) is 8.70. The van der Waals surface area contributed by atoms with Crippen LogP contribution >= 0.6 is 23.1 Å². The van der Waals surface area contributed by atoms with Crippen LogP contribution in [0.3, 0.4) is 0 Å². The van der Waals surface area contributed by atoms with Crippen molar-refractivity contribution in [3.8, 4) is 0 Å². The summed E-state index contributed by atoms with van der Waals surface area (Å²) in [5, 5.41) is 10.1. The number of rotatable bonds is 8. The van der Waals surface area contributed by atoms with Crippen molar-refractivity contribution in [2.75, 3.05) is 24.0 Å². The summed E-state index contributed by atoms with van der Waals surface area (Å²) in [5.74, 6) is 0.163. The maximum atomic E-state index is 11.2. The predicted octanol–water partition coefficient (Wildman–Crippen LogP) is 3.37. The van der Waals surface area contributed by atoms with Gasteiger partial charge in [-0.3, -0.25) is 0 Å². The maximum Gasteiger partial charge on any atom is 0.347 e. The van der Waals surface area contributed by atoms with Gasteiger partial charge in [-0.1, -0.05) is 31.6 Å². The van der Waals surface area contributed by atoms with Crippen molar-refractivity contribution in [3.63, 3.8) is 0 Å². The summed E-state index contributed by atoms with van der Waals surface area (Å²) in [7, 11) is 2.00. The van der Waals surface area contributed by atoms with Crippen LogP contribution in [0.15, 0.2) is 0 Å². The Hall–Kier alpha value is -0.750. The fourth-order valence-electron chi connectivity index (χ4n) is 1.92. The van der Waals surface area contributed by atoms with E-state index in [9.17, 15) is 9.90 Å². The van der Waals surface area contributed by atoms with Crippen molar-refractivity contribution in [3.05, 3.63) is 10.6 Å². The Morgan fingerprint density at radius 3 is 2.68 bits per heavy atom. The second kappa shape index (κ2) is 7.75. The molecule has 1 aromatic rings. The molecule has 1 unspecified atom stereocenters. The van der Waals surface area contributed by atoms with Crippen molar-refractivity contribution < 1.29 is 9.90 Å². The fourth-order valence-corrected chi connectivity index (χ4v) is 3.74. The van der Waals surface area contributed by atoms with Gasteiger partial charge in [-0.05, 0) is 19.1 Å². The zero-order valence-electron chi connectivity index (χ0n) is 12.0.